The summed E-state index contributed by atoms with van der Waals surface area (Å²) in [5.41, 5.74) is 9.51. The molecule has 0 radical (unpaired) electrons. The van der Waals surface area contributed by atoms with Crippen LogP contribution in [0.15, 0.2) is 18.2 Å². The number of nitrogens with two attached hydrogens (primary N) is 1. The van der Waals surface area contributed by atoms with Crippen LogP contribution in [0, 0.1) is 22.7 Å². The van der Waals surface area contributed by atoms with Gasteiger partial charge in [0.05, 0.1) is 0 Å². The topological polar surface area (TPSA) is 73.7 Å². The Morgan fingerprint density at radius 2 is 2.12 bits per heavy atom. The number of benzene rings is 1. The largest absolute Gasteiger partial charge is 0.398 e. The van der Waals surface area contributed by atoms with Gasteiger partial charge in [-0.2, -0.15) is 0 Å². The Bertz CT molecular complexity index is 444. The first-order valence-corrected chi connectivity index (χ1v) is 5.41. The molecule has 3 rings (SSSR count). The molecular formula is C13H15N3. The van der Waals surface area contributed by atoms with Crippen LogP contribution in [-0.4, -0.2) is 6.21 Å². The second kappa shape index (κ2) is 3.64. The van der Waals surface area contributed by atoms with Crippen molar-refractivity contribution in [1.29, 1.82) is 10.7 Å². The van der Waals surface area contributed by atoms with E-state index in [2.05, 4.69) is 18.7 Å². The number of hydrogen-bond acceptors (Lipinski definition) is 3. The molecule has 0 aliphatic heterocycles. The molecule has 3 nitrogen and oxygen atoms in total. The van der Waals surface area contributed by atoms with E-state index in [0.717, 1.165) is 17.2 Å². The Hall–Kier alpha value is -1.82. The van der Waals surface area contributed by atoms with Crippen molar-refractivity contribution in [3.8, 4) is 6.57 Å². The van der Waals surface area contributed by atoms with Crippen LogP contribution in [0.1, 0.15) is 36.3 Å². The normalized spacial score (nSPS) is 23.0. The average molecular weight is 213 g/mol. The first-order valence-electron chi connectivity index (χ1n) is 5.41. The summed E-state index contributed by atoms with van der Waals surface area (Å²) in [5, 5.41) is 13.7. The Morgan fingerprint density at radius 1 is 1.44 bits per heavy atom. The summed E-state index contributed by atoms with van der Waals surface area (Å²) in [6.07, 6.45) is 5.49. The molecule has 1 unspecified atom stereocenters. The summed E-state index contributed by atoms with van der Waals surface area (Å²) >= 11 is 0. The van der Waals surface area contributed by atoms with E-state index in [1.807, 2.05) is 6.07 Å². The van der Waals surface area contributed by atoms with Gasteiger partial charge in [-0.3, -0.25) is 0 Å². The summed E-state index contributed by atoms with van der Waals surface area (Å²) in [6.45, 7) is 3.50. The molecule has 0 heterocycles. The van der Waals surface area contributed by atoms with E-state index >= 15 is 0 Å². The lowest BCUT2D eigenvalue weighted by Gasteiger charge is -2.03. The van der Waals surface area contributed by atoms with Crippen LogP contribution in [0.3, 0.4) is 0 Å². The number of nitrogens with zero attached hydrogens (tertiary/aromatic N) is 1. The molecule has 3 heteroatoms. The van der Waals surface area contributed by atoms with Gasteiger partial charge in [-0.15, -0.1) is 0 Å². The maximum atomic E-state index is 7.16. The van der Waals surface area contributed by atoms with Crippen molar-refractivity contribution in [1.82, 2.24) is 0 Å². The van der Waals surface area contributed by atoms with Gasteiger partial charge >= 0.3 is 0 Å². The molecule has 1 atom stereocenters. The monoisotopic (exact) mass is 213 g/mol. The van der Waals surface area contributed by atoms with Crippen molar-refractivity contribution in [2.24, 2.45) is 5.41 Å². The number of anilines is 1. The zero-order chi connectivity index (χ0) is 11.8. The fraction of sp³-hybridized carbons (Fsp3) is 0.385. The van der Waals surface area contributed by atoms with Gasteiger partial charge in [0.15, 0.2) is 0 Å². The molecule has 2 aliphatic carbocycles. The minimum absolute atomic E-state index is 0.693. The molecule has 2 fully saturated rings. The minimum Gasteiger partial charge on any atom is -0.398 e. The van der Waals surface area contributed by atoms with Crippen molar-refractivity contribution in [3.63, 3.8) is 0 Å². The van der Waals surface area contributed by atoms with Crippen molar-refractivity contribution in [2.75, 3.05) is 5.73 Å². The SMILES string of the molecule is C#N.N=Cc1ccc(C2CC23CC3)cc1N. The van der Waals surface area contributed by atoms with Gasteiger partial charge in [-0.05, 0) is 42.2 Å². The average Bonchev–Trinajstić information content (AvgIpc) is 3.23. The molecule has 1 spiro atoms. The molecule has 0 saturated heterocycles. The van der Waals surface area contributed by atoms with E-state index < -0.39 is 0 Å². The number of nitriles is 1. The van der Waals surface area contributed by atoms with Crippen molar-refractivity contribution < 1.29 is 0 Å². The molecule has 0 aromatic heterocycles. The zero-order valence-corrected chi connectivity index (χ0v) is 9.11. The standard InChI is InChI=1S/C12H14N2.CHN/c13-7-9-2-1-8(5-11(9)14)10-6-12(10)3-4-12;1-2/h1-2,5,7,10,13H,3-4,6,14H2;1H. The van der Waals surface area contributed by atoms with E-state index in [1.54, 1.807) is 0 Å². The quantitative estimate of drug-likeness (QED) is 0.585. The second-order valence-corrected chi connectivity index (χ2v) is 4.65. The smallest absolute Gasteiger partial charge is 0.0462 e. The molecule has 0 amide bonds. The van der Waals surface area contributed by atoms with Gasteiger partial charge in [-0.25, -0.2) is 5.26 Å². The highest BCUT2D eigenvalue weighted by Crippen LogP contribution is 2.75. The highest BCUT2D eigenvalue weighted by atomic mass is 14.7. The van der Waals surface area contributed by atoms with Crippen LogP contribution < -0.4 is 5.73 Å². The number of rotatable bonds is 2. The van der Waals surface area contributed by atoms with Gasteiger partial charge < -0.3 is 11.1 Å². The highest BCUT2D eigenvalue weighted by Gasteiger charge is 2.62. The second-order valence-electron chi connectivity index (χ2n) is 4.65. The number of nitrogen functional groups attached to an aromatic ring is 1. The number of nitrogens with one attached hydrogen (secondary N) is 1. The number of hydrogen-bond donors (Lipinski definition) is 2. The van der Waals surface area contributed by atoms with Crippen LogP contribution in [-0.2, 0) is 0 Å². The summed E-state index contributed by atoms with van der Waals surface area (Å²) < 4.78 is 0. The van der Waals surface area contributed by atoms with Gasteiger partial charge in [0.25, 0.3) is 0 Å². The van der Waals surface area contributed by atoms with Crippen molar-refractivity contribution in [2.45, 2.75) is 25.2 Å². The molecule has 3 N–H and O–H groups in total. The molecule has 1 aromatic carbocycles. The Kier molecular flexibility index (Phi) is 2.43. The molecular weight excluding hydrogens is 198 g/mol. The van der Waals surface area contributed by atoms with Crippen molar-refractivity contribution in [3.05, 3.63) is 29.3 Å². The summed E-state index contributed by atoms with van der Waals surface area (Å²) in [4.78, 5) is 0. The molecule has 2 aliphatic rings. The summed E-state index contributed by atoms with van der Waals surface area (Å²) in [5.74, 6) is 0.768. The van der Waals surface area contributed by atoms with E-state index in [4.69, 9.17) is 16.4 Å². The van der Waals surface area contributed by atoms with E-state index in [-0.39, 0.29) is 0 Å². The molecule has 82 valence electrons. The third-order valence-corrected chi connectivity index (χ3v) is 3.75. The predicted octanol–water partition coefficient (Wildman–Crippen LogP) is 2.67. The first-order chi connectivity index (χ1) is 7.75. The molecule has 1 aromatic rings. The maximum Gasteiger partial charge on any atom is 0.0462 e. The Morgan fingerprint density at radius 3 is 2.56 bits per heavy atom. The lowest BCUT2D eigenvalue weighted by Crippen LogP contribution is -1.94. The fourth-order valence-electron chi connectivity index (χ4n) is 2.47. The fourth-order valence-corrected chi connectivity index (χ4v) is 2.47. The zero-order valence-electron chi connectivity index (χ0n) is 9.11. The van der Waals surface area contributed by atoms with E-state index in [9.17, 15) is 0 Å². The van der Waals surface area contributed by atoms with Crippen LogP contribution >= 0.6 is 0 Å². The van der Waals surface area contributed by atoms with Gasteiger partial charge in [-0.1, -0.05) is 12.1 Å². The van der Waals surface area contributed by atoms with Crippen LogP contribution in [0.25, 0.3) is 0 Å². The Labute approximate surface area is 95.4 Å². The Balaban J connectivity index is 0.000000457. The highest BCUT2D eigenvalue weighted by molar-refractivity contribution is 5.85. The summed E-state index contributed by atoms with van der Waals surface area (Å²) in [7, 11) is 0. The first kappa shape index (κ1) is 10.7. The summed E-state index contributed by atoms with van der Waals surface area (Å²) in [6, 6.07) is 6.15. The van der Waals surface area contributed by atoms with Crippen molar-refractivity contribution >= 4 is 11.9 Å². The van der Waals surface area contributed by atoms with Crippen LogP contribution in [0.5, 0.6) is 0 Å². The van der Waals surface area contributed by atoms with Gasteiger partial charge in [0, 0.05) is 24.0 Å². The minimum atomic E-state index is 0.693. The lowest BCUT2D eigenvalue weighted by atomic mass is 10.0. The third-order valence-electron chi connectivity index (χ3n) is 3.75. The van der Waals surface area contributed by atoms with Crippen LogP contribution in [0.4, 0.5) is 5.69 Å². The van der Waals surface area contributed by atoms with Crippen LogP contribution in [0.2, 0.25) is 0 Å². The molecule has 16 heavy (non-hydrogen) atoms. The molecule has 2 saturated carbocycles. The predicted molar refractivity (Wildman–Crippen MR) is 64.4 cm³/mol. The van der Waals surface area contributed by atoms with Gasteiger partial charge in [0.2, 0.25) is 0 Å². The third kappa shape index (κ3) is 1.57. The maximum absolute atomic E-state index is 7.16. The van der Waals surface area contributed by atoms with Gasteiger partial charge in [0.1, 0.15) is 0 Å². The molecule has 0 bridgehead atoms. The lowest BCUT2D eigenvalue weighted by molar-refractivity contribution is 0.840. The van der Waals surface area contributed by atoms with E-state index in [0.29, 0.717) is 5.41 Å². The van der Waals surface area contributed by atoms with E-state index in [1.165, 1.54) is 31.0 Å².